The molecule has 0 aliphatic carbocycles. The summed E-state index contributed by atoms with van der Waals surface area (Å²) in [6, 6.07) is 13.9. The van der Waals surface area contributed by atoms with Crippen LogP contribution in [0.1, 0.15) is 21.9 Å². The van der Waals surface area contributed by atoms with Gasteiger partial charge in [-0.05, 0) is 60.5 Å². The van der Waals surface area contributed by atoms with Gasteiger partial charge in [-0.25, -0.2) is 14.8 Å². The van der Waals surface area contributed by atoms with Crippen LogP contribution >= 0.6 is 23.2 Å². The number of benzene rings is 2. The number of hydrogen-bond donors (Lipinski definition) is 1. The zero-order valence-corrected chi connectivity index (χ0v) is 18.6. The molecule has 33 heavy (non-hydrogen) atoms. The fourth-order valence-corrected chi connectivity index (χ4v) is 4.42. The lowest BCUT2D eigenvalue weighted by Gasteiger charge is -2.13. The molecular formula is C24H13Cl2N5O2. The predicted molar refractivity (Wildman–Crippen MR) is 126 cm³/mol. The van der Waals surface area contributed by atoms with Gasteiger partial charge in [-0.2, -0.15) is 5.26 Å². The second-order valence-corrected chi connectivity index (χ2v) is 8.13. The predicted octanol–water partition coefficient (Wildman–Crippen LogP) is 5.82. The van der Waals surface area contributed by atoms with E-state index in [9.17, 15) is 15.2 Å². The number of pyridine rings is 2. The third-order valence-corrected chi connectivity index (χ3v) is 6.00. The van der Waals surface area contributed by atoms with Gasteiger partial charge in [0.1, 0.15) is 23.1 Å². The van der Waals surface area contributed by atoms with E-state index in [2.05, 4.69) is 15.0 Å². The quantitative estimate of drug-likeness (QED) is 0.353. The molecule has 2 aromatic carbocycles. The van der Waals surface area contributed by atoms with Gasteiger partial charge in [-0.1, -0.05) is 23.2 Å². The van der Waals surface area contributed by atoms with Gasteiger partial charge in [0.25, 0.3) is 0 Å². The second-order valence-electron chi connectivity index (χ2n) is 7.32. The van der Waals surface area contributed by atoms with Crippen LogP contribution in [0.2, 0.25) is 10.0 Å². The van der Waals surface area contributed by atoms with E-state index in [1.54, 1.807) is 49.5 Å². The minimum atomic E-state index is -1.11. The Labute approximate surface area is 197 Å². The van der Waals surface area contributed by atoms with Gasteiger partial charge in [0.15, 0.2) is 0 Å². The number of imidazole rings is 1. The maximum Gasteiger partial charge on any atom is 0.337 e. The van der Waals surface area contributed by atoms with Crippen molar-refractivity contribution in [1.29, 1.82) is 5.26 Å². The second kappa shape index (κ2) is 7.85. The summed E-state index contributed by atoms with van der Waals surface area (Å²) in [7, 11) is 0. The number of nitrogens with zero attached hydrogens (tertiary/aromatic N) is 5. The van der Waals surface area contributed by atoms with Gasteiger partial charge < -0.3 is 5.11 Å². The summed E-state index contributed by atoms with van der Waals surface area (Å²) in [5.41, 5.74) is 3.67. The molecular weight excluding hydrogens is 461 g/mol. The lowest BCUT2D eigenvalue weighted by Crippen LogP contribution is -2.01. The molecule has 0 aliphatic rings. The number of carboxylic acids is 1. The van der Waals surface area contributed by atoms with Crippen molar-refractivity contribution in [1.82, 2.24) is 19.5 Å². The van der Waals surface area contributed by atoms with Crippen LogP contribution in [0.4, 0.5) is 0 Å². The van der Waals surface area contributed by atoms with Crippen molar-refractivity contribution in [2.75, 3.05) is 0 Å². The van der Waals surface area contributed by atoms with Crippen LogP contribution in [0, 0.1) is 18.3 Å². The van der Waals surface area contributed by atoms with Gasteiger partial charge in [0.05, 0.1) is 32.3 Å². The van der Waals surface area contributed by atoms with Crippen LogP contribution in [-0.4, -0.2) is 30.6 Å². The SMILES string of the molecule is Cc1nc2c(C(=O)O)cc(-c3ccnc(C#N)c3)cc2n1-c1ccnc2c(Cl)ccc(Cl)c12. The zero-order chi connectivity index (χ0) is 23.3. The lowest BCUT2D eigenvalue weighted by atomic mass is 10.0. The highest BCUT2D eigenvalue weighted by Gasteiger charge is 2.21. The van der Waals surface area contributed by atoms with E-state index < -0.39 is 5.97 Å². The molecule has 7 nitrogen and oxygen atoms in total. The Morgan fingerprint density at radius 3 is 2.52 bits per heavy atom. The monoisotopic (exact) mass is 473 g/mol. The largest absolute Gasteiger partial charge is 0.478 e. The van der Waals surface area contributed by atoms with Crippen molar-refractivity contribution >= 4 is 51.1 Å². The average Bonchev–Trinajstić information content (AvgIpc) is 3.15. The van der Waals surface area contributed by atoms with Crippen molar-refractivity contribution < 1.29 is 9.90 Å². The Balaban J connectivity index is 1.89. The number of fused-ring (bicyclic) bond motifs is 2. The molecule has 3 heterocycles. The van der Waals surface area contributed by atoms with Gasteiger partial charge in [0, 0.05) is 17.8 Å². The Hall–Kier alpha value is -3.99. The smallest absolute Gasteiger partial charge is 0.337 e. The van der Waals surface area contributed by atoms with Crippen molar-refractivity contribution in [3.63, 3.8) is 0 Å². The number of aromatic nitrogens is 4. The van der Waals surface area contributed by atoms with Crippen LogP contribution in [0.5, 0.6) is 0 Å². The molecule has 0 unspecified atom stereocenters. The third kappa shape index (κ3) is 3.37. The minimum absolute atomic E-state index is 0.0437. The Kier molecular flexibility index (Phi) is 4.97. The summed E-state index contributed by atoms with van der Waals surface area (Å²) in [5.74, 6) is -0.539. The van der Waals surface area contributed by atoms with E-state index in [1.165, 1.54) is 6.20 Å². The first-order valence-electron chi connectivity index (χ1n) is 9.75. The van der Waals surface area contributed by atoms with Gasteiger partial charge in [-0.15, -0.1) is 0 Å². The summed E-state index contributed by atoms with van der Waals surface area (Å²) < 4.78 is 1.84. The molecule has 5 rings (SSSR count). The maximum absolute atomic E-state index is 12.1. The van der Waals surface area contributed by atoms with Crippen LogP contribution in [0.3, 0.4) is 0 Å². The van der Waals surface area contributed by atoms with Gasteiger partial charge in [-0.3, -0.25) is 9.55 Å². The van der Waals surface area contributed by atoms with Crippen molar-refractivity contribution in [2.45, 2.75) is 6.92 Å². The number of rotatable bonds is 3. The molecule has 3 aromatic heterocycles. The van der Waals surface area contributed by atoms with E-state index in [-0.39, 0.29) is 11.3 Å². The van der Waals surface area contributed by atoms with Gasteiger partial charge >= 0.3 is 5.97 Å². The molecule has 1 N–H and O–H groups in total. The summed E-state index contributed by atoms with van der Waals surface area (Å²) in [4.78, 5) is 25.1. The number of nitriles is 1. The average molecular weight is 474 g/mol. The summed E-state index contributed by atoms with van der Waals surface area (Å²) in [6.45, 7) is 1.79. The van der Waals surface area contributed by atoms with E-state index in [4.69, 9.17) is 23.2 Å². The summed E-state index contributed by atoms with van der Waals surface area (Å²) in [5, 5.41) is 20.7. The third-order valence-electron chi connectivity index (χ3n) is 5.38. The first kappa shape index (κ1) is 20.9. The van der Waals surface area contributed by atoms with Gasteiger partial charge in [0.2, 0.25) is 0 Å². The van der Waals surface area contributed by atoms with Crippen molar-refractivity contribution in [3.8, 4) is 22.9 Å². The highest BCUT2D eigenvalue weighted by Crippen LogP contribution is 2.36. The van der Waals surface area contributed by atoms with Crippen LogP contribution in [-0.2, 0) is 0 Å². The van der Waals surface area contributed by atoms with E-state index >= 15 is 0 Å². The molecule has 0 aliphatic heterocycles. The van der Waals surface area contributed by atoms with Crippen molar-refractivity contribution in [3.05, 3.63) is 82.0 Å². The Bertz CT molecular complexity index is 1650. The molecule has 0 saturated heterocycles. The molecule has 0 bridgehead atoms. The molecule has 0 atom stereocenters. The fraction of sp³-hybridized carbons (Fsp3) is 0.0417. The van der Waals surface area contributed by atoms with E-state index in [0.717, 1.165) is 0 Å². The number of hydrogen-bond acceptors (Lipinski definition) is 5. The molecule has 0 fully saturated rings. The number of carbonyl (C=O) groups is 1. The molecule has 0 saturated carbocycles. The molecule has 0 spiro atoms. The fourth-order valence-electron chi connectivity index (χ4n) is 3.96. The minimum Gasteiger partial charge on any atom is -0.478 e. The molecule has 9 heteroatoms. The highest BCUT2D eigenvalue weighted by atomic mass is 35.5. The van der Waals surface area contributed by atoms with E-state index in [0.29, 0.717) is 54.6 Å². The van der Waals surface area contributed by atoms with Crippen LogP contribution in [0.15, 0.2) is 54.9 Å². The topological polar surface area (TPSA) is 105 Å². The van der Waals surface area contributed by atoms with Crippen molar-refractivity contribution in [2.24, 2.45) is 0 Å². The number of carboxylic acid groups (broad SMARTS) is 1. The standard InChI is InChI=1S/C24H13Cl2N5O2/c1-12-30-22-16(24(32)33)9-14(13-4-6-28-15(8-13)11-27)10-20(22)31(12)19-5-7-29-23-18(26)3-2-17(25)21(19)23/h2-10H,1H3,(H,32,33). The number of aromatic carboxylic acids is 1. The van der Waals surface area contributed by atoms with Crippen LogP contribution < -0.4 is 0 Å². The highest BCUT2D eigenvalue weighted by molar-refractivity contribution is 6.40. The Morgan fingerprint density at radius 2 is 1.76 bits per heavy atom. The zero-order valence-electron chi connectivity index (χ0n) is 17.0. The lowest BCUT2D eigenvalue weighted by molar-refractivity contribution is 0.0699. The molecule has 160 valence electrons. The number of halogens is 2. The summed E-state index contributed by atoms with van der Waals surface area (Å²) >= 11 is 12.9. The number of aryl methyl sites for hydroxylation is 1. The molecule has 0 radical (unpaired) electrons. The first-order valence-corrected chi connectivity index (χ1v) is 10.5. The maximum atomic E-state index is 12.1. The first-order chi connectivity index (χ1) is 15.9. The molecule has 0 amide bonds. The normalized spacial score (nSPS) is 11.1. The van der Waals surface area contributed by atoms with E-state index in [1.807, 2.05) is 16.7 Å². The summed E-state index contributed by atoms with van der Waals surface area (Å²) in [6.07, 6.45) is 3.13. The molecule has 5 aromatic rings. The van der Waals surface area contributed by atoms with Crippen LogP contribution in [0.25, 0.3) is 38.8 Å². The Morgan fingerprint density at radius 1 is 1.00 bits per heavy atom.